The Hall–Kier alpha value is -0.410. The van der Waals surface area contributed by atoms with Gasteiger partial charge in [-0.15, -0.1) is 0 Å². The molecule has 1 rings (SSSR count). The van der Waals surface area contributed by atoms with Crippen molar-refractivity contribution in [3.05, 3.63) is 0 Å². The SMILES string of the molecule is C1CCOCC1.CC=O.O. The Morgan fingerprint density at radius 1 is 1.20 bits per heavy atom. The number of hydrogen-bond acceptors (Lipinski definition) is 2. The van der Waals surface area contributed by atoms with Crippen LogP contribution in [0.2, 0.25) is 0 Å². The van der Waals surface area contributed by atoms with Crippen molar-refractivity contribution >= 4 is 6.29 Å². The molecule has 2 N–H and O–H groups in total. The standard InChI is InChI=1S/C5H10O.C2H4O.H2O/c1-2-4-6-5-3-1;1-2-3;/h1-5H2;2H,1H3;1H2. The van der Waals surface area contributed by atoms with E-state index in [1.54, 1.807) is 0 Å². The first kappa shape index (κ1) is 12.3. The van der Waals surface area contributed by atoms with E-state index in [-0.39, 0.29) is 5.48 Å². The van der Waals surface area contributed by atoms with Gasteiger partial charge in [-0.3, -0.25) is 0 Å². The van der Waals surface area contributed by atoms with Gasteiger partial charge in [-0.1, -0.05) is 0 Å². The maximum atomic E-state index is 8.81. The summed E-state index contributed by atoms with van der Waals surface area (Å²) in [7, 11) is 0. The van der Waals surface area contributed by atoms with E-state index in [1.807, 2.05) is 0 Å². The fourth-order valence-corrected chi connectivity index (χ4v) is 0.687. The van der Waals surface area contributed by atoms with Gasteiger partial charge in [0, 0.05) is 13.2 Å². The van der Waals surface area contributed by atoms with Crippen LogP contribution in [0.3, 0.4) is 0 Å². The largest absolute Gasteiger partial charge is 0.412 e. The van der Waals surface area contributed by atoms with E-state index in [0.29, 0.717) is 0 Å². The predicted octanol–water partition coefficient (Wildman–Crippen LogP) is 0.567. The lowest BCUT2D eigenvalue weighted by Gasteiger charge is -2.08. The summed E-state index contributed by atoms with van der Waals surface area (Å²) in [5.41, 5.74) is 0. The number of carbonyl (C=O) groups is 1. The number of hydrogen-bond donors (Lipinski definition) is 0. The van der Waals surface area contributed by atoms with Gasteiger partial charge in [0.15, 0.2) is 0 Å². The molecular weight excluding hydrogens is 132 g/mol. The van der Waals surface area contributed by atoms with Crippen molar-refractivity contribution in [1.82, 2.24) is 0 Å². The van der Waals surface area contributed by atoms with Gasteiger partial charge in [-0.05, 0) is 26.2 Å². The van der Waals surface area contributed by atoms with Crippen LogP contribution in [0.25, 0.3) is 0 Å². The molecule has 3 nitrogen and oxygen atoms in total. The normalized spacial score (nSPS) is 15.7. The van der Waals surface area contributed by atoms with Gasteiger partial charge < -0.3 is 15.0 Å². The quantitative estimate of drug-likeness (QED) is 0.471. The summed E-state index contributed by atoms with van der Waals surface area (Å²) in [5, 5.41) is 0. The second-order valence-corrected chi connectivity index (χ2v) is 1.91. The molecule has 1 fully saturated rings. The van der Waals surface area contributed by atoms with Gasteiger partial charge >= 0.3 is 0 Å². The Morgan fingerprint density at radius 3 is 1.70 bits per heavy atom. The number of aldehydes is 1. The Kier molecular flexibility index (Phi) is 14.0. The molecule has 0 atom stereocenters. The van der Waals surface area contributed by atoms with Gasteiger partial charge in [0.05, 0.1) is 0 Å². The van der Waals surface area contributed by atoms with Crippen molar-refractivity contribution < 1.29 is 15.0 Å². The summed E-state index contributed by atoms with van der Waals surface area (Å²) >= 11 is 0. The zero-order valence-electron chi connectivity index (χ0n) is 6.43. The molecule has 1 aliphatic rings. The summed E-state index contributed by atoms with van der Waals surface area (Å²) < 4.78 is 5.07. The molecule has 0 unspecified atom stereocenters. The van der Waals surface area contributed by atoms with E-state index >= 15 is 0 Å². The first-order chi connectivity index (χ1) is 4.41. The summed E-state index contributed by atoms with van der Waals surface area (Å²) in [4.78, 5) is 8.81. The van der Waals surface area contributed by atoms with Crippen LogP contribution in [-0.4, -0.2) is 25.0 Å². The maximum Gasteiger partial charge on any atom is 0.116 e. The molecule has 0 bridgehead atoms. The average molecular weight is 148 g/mol. The Labute approximate surface area is 61.7 Å². The third-order valence-electron chi connectivity index (χ3n) is 1.08. The Morgan fingerprint density at radius 2 is 1.60 bits per heavy atom. The fraction of sp³-hybridized carbons (Fsp3) is 0.857. The van der Waals surface area contributed by atoms with Gasteiger partial charge in [-0.25, -0.2) is 0 Å². The van der Waals surface area contributed by atoms with Crippen LogP contribution in [0.1, 0.15) is 26.2 Å². The molecule has 1 heterocycles. The minimum absolute atomic E-state index is 0. The highest BCUT2D eigenvalue weighted by Gasteiger charge is 1.94. The van der Waals surface area contributed by atoms with Crippen LogP contribution in [0, 0.1) is 0 Å². The van der Waals surface area contributed by atoms with Crippen molar-refractivity contribution in [1.29, 1.82) is 0 Å². The van der Waals surface area contributed by atoms with E-state index in [9.17, 15) is 0 Å². The van der Waals surface area contributed by atoms with Crippen LogP contribution in [0.15, 0.2) is 0 Å². The van der Waals surface area contributed by atoms with E-state index < -0.39 is 0 Å². The van der Waals surface area contributed by atoms with Crippen molar-refractivity contribution in [2.75, 3.05) is 13.2 Å². The smallest absolute Gasteiger partial charge is 0.116 e. The molecular formula is C7H16O3. The van der Waals surface area contributed by atoms with Gasteiger partial charge in [0.25, 0.3) is 0 Å². The first-order valence-corrected chi connectivity index (χ1v) is 3.39. The van der Waals surface area contributed by atoms with E-state index in [0.717, 1.165) is 19.5 Å². The average Bonchev–Trinajstić information content (AvgIpc) is 1.93. The molecule has 0 aliphatic carbocycles. The van der Waals surface area contributed by atoms with Crippen LogP contribution in [0.5, 0.6) is 0 Å². The topological polar surface area (TPSA) is 57.8 Å². The molecule has 0 saturated carbocycles. The van der Waals surface area contributed by atoms with Gasteiger partial charge in [-0.2, -0.15) is 0 Å². The van der Waals surface area contributed by atoms with E-state index in [4.69, 9.17) is 9.53 Å². The summed E-state index contributed by atoms with van der Waals surface area (Å²) in [6.45, 7) is 3.44. The third-order valence-corrected chi connectivity index (χ3v) is 1.08. The molecule has 0 aromatic rings. The lowest BCUT2D eigenvalue weighted by Crippen LogP contribution is -2.03. The minimum atomic E-state index is 0. The lowest BCUT2D eigenvalue weighted by molar-refractivity contribution is -0.106. The zero-order valence-corrected chi connectivity index (χ0v) is 6.43. The Bertz CT molecular complexity index is 48.4. The van der Waals surface area contributed by atoms with Gasteiger partial charge in [0.2, 0.25) is 0 Å². The lowest BCUT2D eigenvalue weighted by atomic mass is 10.2. The monoisotopic (exact) mass is 148 g/mol. The van der Waals surface area contributed by atoms with Crippen molar-refractivity contribution in [2.45, 2.75) is 26.2 Å². The summed E-state index contributed by atoms with van der Waals surface area (Å²) in [5.74, 6) is 0. The molecule has 0 aromatic heterocycles. The molecule has 0 spiro atoms. The second kappa shape index (κ2) is 11.4. The maximum absolute atomic E-state index is 8.81. The van der Waals surface area contributed by atoms with Crippen LogP contribution in [-0.2, 0) is 9.53 Å². The molecule has 10 heavy (non-hydrogen) atoms. The number of ether oxygens (including phenoxy) is 1. The van der Waals surface area contributed by atoms with Crippen LogP contribution in [0.4, 0.5) is 0 Å². The highest BCUT2D eigenvalue weighted by molar-refractivity contribution is 5.44. The molecule has 1 aliphatic heterocycles. The van der Waals surface area contributed by atoms with Crippen molar-refractivity contribution in [3.8, 4) is 0 Å². The minimum Gasteiger partial charge on any atom is -0.412 e. The highest BCUT2D eigenvalue weighted by Crippen LogP contribution is 2.02. The number of carbonyl (C=O) groups excluding carboxylic acids is 1. The Balaban J connectivity index is 0. The third kappa shape index (κ3) is 10.5. The summed E-state index contributed by atoms with van der Waals surface area (Å²) in [6, 6.07) is 0. The second-order valence-electron chi connectivity index (χ2n) is 1.91. The predicted molar refractivity (Wildman–Crippen MR) is 40.0 cm³/mol. The van der Waals surface area contributed by atoms with E-state index in [1.165, 1.54) is 26.2 Å². The molecule has 62 valence electrons. The fourth-order valence-electron chi connectivity index (χ4n) is 0.687. The molecule has 1 saturated heterocycles. The van der Waals surface area contributed by atoms with Crippen LogP contribution >= 0.6 is 0 Å². The highest BCUT2D eigenvalue weighted by atomic mass is 16.5. The summed E-state index contributed by atoms with van der Waals surface area (Å²) in [6.07, 6.45) is 4.68. The zero-order chi connectivity index (χ0) is 6.95. The van der Waals surface area contributed by atoms with Crippen molar-refractivity contribution in [3.63, 3.8) is 0 Å². The van der Waals surface area contributed by atoms with E-state index in [2.05, 4.69) is 0 Å². The number of rotatable bonds is 0. The van der Waals surface area contributed by atoms with Crippen molar-refractivity contribution in [2.24, 2.45) is 0 Å². The molecule has 0 radical (unpaired) electrons. The van der Waals surface area contributed by atoms with Gasteiger partial charge in [0.1, 0.15) is 6.29 Å². The van der Waals surface area contributed by atoms with Crippen LogP contribution < -0.4 is 0 Å². The first-order valence-electron chi connectivity index (χ1n) is 3.39. The molecule has 0 amide bonds. The molecule has 3 heteroatoms. The molecule has 0 aromatic carbocycles.